The van der Waals surface area contributed by atoms with Crippen LogP contribution in [0.2, 0.25) is 0 Å². The van der Waals surface area contributed by atoms with E-state index in [-0.39, 0.29) is 25.0 Å². The molecule has 0 saturated carbocycles. The summed E-state index contributed by atoms with van der Waals surface area (Å²) in [4.78, 5) is 13.6. The lowest BCUT2D eigenvalue weighted by Crippen LogP contribution is -2.36. The fourth-order valence-corrected chi connectivity index (χ4v) is 1.61. The normalized spacial score (nSPS) is 10.4. The molecule has 1 aromatic rings. The third-order valence-electron chi connectivity index (χ3n) is 2.46. The Balaban J connectivity index is 3.08. The summed E-state index contributed by atoms with van der Waals surface area (Å²) in [6, 6.07) is 7.30. The van der Waals surface area contributed by atoms with Gasteiger partial charge < -0.3 is 14.7 Å². The second-order valence-electron chi connectivity index (χ2n) is 4.04. The summed E-state index contributed by atoms with van der Waals surface area (Å²) in [6.07, 6.45) is 0. The van der Waals surface area contributed by atoms with E-state index in [1.54, 1.807) is 18.1 Å². The first-order valence-corrected chi connectivity index (χ1v) is 5.67. The number of para-hydroxylation sites is 2. The molecule has 0 fully saturated rings. The number of ether oxygens (including phenoxy) is 1. The molecule has 0 radical (unpaired) electrons. The maximum atomic E-state index is 12.1. The highest BCUT2D eigenvalue weighted by Crippen LogP contribution is 2.28. The van der Waals surface area contributed by atoms with Gasteiger partial charge in [0.2, 0.25) is 5.91 Å². The lowest BCUT2D eigenvalue weighted by molar-refractivity contribution is -0.121. The highest BCUT2D eigenvalue weighted by Gasteiger charge is 2.20. The summed E-state index contributed by atoms with van der Waals surface area (Å²) in [5.74, 6) is 0.491. The van der Waals surface area contributed by atoms with E-state index in [0.29, 0.717) is 11.4 Å². The molecule has 1 amide bonds. The Kier molecular flexibility index (Phi) is 4.97. The Morgan fingerprint density at radius 1 is 1.41 bits per heavy atom. The SMILES string of the molecule is COc1ccccc1N(CCO)C(=O)C(C)C. The predicted molar refractivity (Wildman–Crippen MR) is 67.3 cm³/mol. The van der Waals surface area contributed by atoms with Crippen LogP contribution in [0.5, 0.6) is 5.75 Å². The Morgan fingerprint density at radius 2 is 2.06 bits per heavy atom. The van der Waals surface area contributed by atoms with Gasteiger partial charge in [-0.3, -0.25) is 4.79 Å². The standard InChI is InChI=1S/C13H19NO3/c1-10(2)13(16)14(8-9-15)11-6-4-5-7-12(11)17-3/h4-7,10,15H,8-9H2,1-3H3. The molecule has 0 heterocycles. The molecule has 0 unspecified atom stereocenters. The number of carbonyl (C=O) groups excluding carboxylic acids is 1. The lowest BCUT2D eigenvalue weighted by Gasteiger charge is -2.25. The number of aliphatic hydroxyl groups is 1. The molecular weight excluding hydrogens is 218 g/mol. The van der Waals surface area contributed by atoms with Crippen molar-refractivity contribution in [3.63, 3.8) is 0 Å². The molecule has 1 N–H and O–H groups in total. The maximum Gasteiger partial charge on any atom is 0.229 e. The fraction of sp³-hybridized carbons (Fsp3) is 0.462. The zero-order valence-corrected chi connectivity index (χ0v) is 10.5. The maximum absolute atomic E-state index is 12.1. The van der Waals surface area contributed by atoms with E-state index in [2.05, 4.69) is 0 Å². The van der Waals surface area contributed by atoms with Crippen LogP contribution < -0.4 is 9.64 Å². The van der Waals surface area contributed by atoms with Gasteiger partial charge >= 0.3 is 0 Å². The molecule has 0 spiro atoms. The van der Waals surface area contributed by atoms with Gasteiger partial charge in [0.1, 0.15) is 5.75 Å². The number of methoxy groups -OCH3 is 1. The van der Waals surface area contributed by atoms with Crippen molar-refractivity contribution in [3.8, 4) is 5.75 Å². The summed E-state index contributed by atoms with van der Waals surface area (Å²) in [5.41, 5.74) is 0.697. The molecule has 4 nitrogen and oxygen atoms in total. The molecule has 0 aliphatic rings. The van der Waals surface area contributed by atoms with Gasteiger partial charge in [-0.1, -0.05) is 26.0 Å². The molecule has 0 bridgehead atoms. The van der Waals surface area contributed by atoms with Gasteiger partial charge in [0.25, 0.3) is 0 Å². The van der Waals surface area contributed by atoms with E-state index in [9.17, 15) is 4.79 Å². The van der Waals surface area contributed by atoms with Crippen LogP contribution in [-0.4, -0.2) is 31.3 Å². The monoisotopic (exact) mass is 237 g/mol. The number of amides is 1. The number of carbonyl (C=O) groups is 1. The van der Waals surface area contributed by atoms with Crippen LogP contribution in [-0.2, 0) is 4.79 Å². The van der Waals surface area contributed by atoms with E-state index in [0.717, 1.165) is 0 Å². The first-order valence-electron chi connectivity index (χ1n) is 5.67. The zero-order valence-electron chi connectivity index (χ0n) is 10.5. The minimum absolute atomic E-state index is 0.0245. The number of hydrogen-bond acceptors (Lipinski definition) is 3. The average molecular weight is 237 g/mol. The molecule has 1 aromatic carbocycles. The van der Waals surface area contributed by atoms with Crippen LogP contribution in [0, 0.1) is 5.92 Å². The fourth-order valence-electron chi connectivity index (χ4n) is 1.61. The molecule has 0 aliphatic heterocycles. The van der Waals surface area contributed by atoms with Crippen molar-refractivity contribution in [1.82, 2.24) is 0 Å². The van der Waals surface area contributed by atoms with Gasteiger partial charge in [-0.2, -0.15) is 0 Å². The number of rotatable bonds is 5. The molecule has 94 valence electrons. The lowest BCUT2D eigenvalue weighted by atomic mass is 10.1. The van der Waals surface area contributed by atoms with Gasteiger partial charge in [0.05, 0.1) is 19.4 Å². The van der Waals surface area contributed by atoms with Crippen molar-refractivity contribution in [2.75, 3.05) is 25.2 Å². The van der Waals surface area contributed by atoms with Crippen LogP contribution in [0.3, 0.4) is 0 Å². The largest absolute Gasteiger partial charge is 0.495 e. The Labute approximate surface area is 102 Å². The average Bonchev–Trinajstić information content (AvgIpc) is 2.35. The number of aliphatic hydroxyl groups excluding tert-OH is 1. The quantitative estimate of drug-likeness (QED) is 0.847. The van der Waals surface area contributed by atoms with Crippen LogP contribution in [0.15, 0.2) is 24.3 Å². The Bertz CT molecular complexity index is 377. The van der Waals surface area contributed by atoms with E-state index in [4.69, 9.17) is 9.84 Å². The van der Waals surface area contributed by atoms with Crippen LogP contribution >= 0.6 is 0 Å². The summed E-state index contributed by atoms with van der Waals surface area (Å²) in [6.45, 7) is 3.87. The first kappa shape index (κ1) is 13.5. The zero-order chi connectivity index (χ0) is 12.8. The van der Waals surface area contributed by atoms with Crippen molar-refractivity contribution in [1.29, 1.82) is 0 Å². The van der Waals surface area contributed by atoms with E-state index in [1.807, 2.05) is 32.0 Å². The van der Waals surface area contributed by atoms with Crippen molar-refractivity contribution in [2.45, 2.75) is 13.8 Å². The molecule has 0 saturated heterocycles. The second-order valence-corrected chi connectivity index (χ2v) is 4.04. The van der Waals surface area contributed by atoms with E-state index in [1.165, 1.54) is 0 Å². The molecule has 0 aliphatic carbocycles. The third kappa shape index (κ3) is 3.20. The van der Waals surface area contributed by atoms with Crippen LogP contribution in [0.4, 0.5) is 5.69 Å². The molecular formula is C13H19NO3. The highest BCUT2D eigenvalue weighted by molar-refractivity contribution is 5.96. The highest BCUT2D eigenvalue weighted by atomic mass is 16.5. The van der Waals surface area contributed by atoms with Crippen LogP contribution in [0.25, 0.3) is 0 Å². The van der Waals surface area contributed by atoms with E-state index < -0.39 is 0 Å². The Hall–Kier alpha value is -1.55. The van der Waals surface area contributed by atoms with Gasteiger partial charge in [0.15, 0.2) is 0 Å². The molecule has 1 rings (SSSR count). The first-order chi connectivity index (χ1) is 8.11. The summed E-state index contributed by atoms with van der Waals surface area (Å²) >= 11 is 0. The minimum atomic E-state index is -0.119. The number of nitrogens with zero attached hydrogens (tertiary/aromatic N) is 1. The van der Waals surface area contributed by atoms with Gasteiger partial charge in [-0.05, 0) is 12.1 Å². The van der Waals surface area contributed by atoms with Gasteiger partial charge in [-0.15, -0.1) is 0 Å². The topological polar surface area (TPSA) is 49.8 Å². The molecule has 17 heavy (non-hydrogen) atoms. The molecule has 0 atom stereocenters. The smallest absolute Gasteiger partial charge is 0.229 e. The van der Waals surface area contributed by atoms with Gasteiger partial charge in [-0.25, -0.2) is 0 Å². The van der Waals surface area contributed by atoms with Crippen molar-refractivity contribution < 1.29 is 14.6 Å². The number of anilines is 1. The predicted octanol–water partition coefficient (Wildman–Crippen LogP) is 1.68. The van der Waals surface area contributed by atoms with Crippen molar-refractivity contribution in [2.24, 2.45) is 5.92 Å². The van der Waals surface area contributed by atoms with E-state index >= 15 is 0 Å². The van der Waals surface area contributed by atoms with Crippen LogP contribution in [0.1, 0.15) is 13.8 Å². The summed E-state index contributed by atoms with van der Waals surface area (Å²) < 4.78 is 5.23. The number of benzene rings is 1. The van der Waals surface area contributed by atoms with Crippen molar-refractivity contribution >= 4 is 11.6 Å². The van der Waals surface area contributed by atoms with Crippen molar-refractivity contribution in [3.05, 3.63) is 24.3 Å². The summed E-state index contributed by atoms with van der Waals surface area (Å²) in [7, 11) is 1.57. The molecule has 0 aromatic heterocycles. The third-order valence-corrected chi connectivity index (χ3v) is 2.46. The number of hydrogen-bond donors (Lipinski definition) is 1. The summed E-state index contributed by atoms with van der Waals surface area (Å²) in [5, 5.41) is 9.06. The second kappa shape index (κ2) is 6.25. The molecule has 4 heteroatoms. The minimum Gasteiger partial charge on any atom is -0.495 e. The Morgan fingerprint density at radius 3 is 2.59 bits per heavy atom. The van der Waals surface area contributed by atoms with Gasteiger partial charge in [0, 0.05) is 12.5 Å².